The molecule has 0 spiro atoms. The average Bonchev–Trinajstić information content (AvgIpc) is 3.35. The second kappa shape index (κ2) is 8.75. The third kappa shape index (κ3) is 5.42. The van der Waals surface area contributed by atoms with Gasteiger partial charge in [-0.1, -0.05) is 28.2 Å². The van der Waals surface area contributed by atoms with E-state index in [4.69, 9.17) is 16.0 Å². The van der Waals surface area contributed by atoms with E-state index in [2.05, 4.69) is 14.9 Å². The number of halogens is 1. The molecule has 0 fully saturated rings. The summed E-state index contributed by atoms with van der Waals surface area (Å²) in [5.41, 5.74) is 0.495. The summed E-state index contributed by atoms with van der Waals surface area (Å²) in [6.07, 6.45) is 1.47. The maximum absolute atomic E-state index is 13.3. The molecule has 0 radical (unpaired) electrons. The molecule has 1 N–H and O–H groups in total. The van der Waals surface area contributed by atoms with Crippen LogP contribution in [-0.4, -0.2) is 31.8 Å². The monoisotopic (exact) mass is 432 g/mol. The van der Waals surface area contributed by atoms with Gasteiger partial charge in [0, 0.05) is 22.5 Å². The molecule has 1 aromatic carbocycles. The number of carbonyl (C=O) groups is 2. The second-order valence-corrected chi connectivity index (χ2v) is 8.55. The standard InChI is InChI=1S/C20H21ClN4O3S/c1-20(2,3)22-18(26)17(16-5-4-10-28-16)25(19(27)15-12-29-24-23-15)11-13-6-8-14(21)9-7-13/h4-10,12,17H,11H2,1-3H3,(H,22,26)/t17-/m0/s1. The van der Waals surface area contributed by atoms with Crippen LogP contribution in [-0.2, 0) is 11.3 Å². The Labute approximate surface area is 177 Å². The molecule has 0 aliphatic rings. The van der Waals surface area contributed by atoms with Crippen molar-refractivity contribution in [3.63, 3.8) is 0 Å². The maximum atomic E-state index is 13.3. The minimum Gasteiger partial charge on any atom is -0.467 e. The van der Waals surface area contributed by atoms with Gasteiger partial charge >= 0.3 is 0 Å². The summed E-state index contributed by atoms with van der Waals surface area (Å²) >= 11 is 7.05. The second-order valence-electron chi connectivity index (χ2n) is 7.51. The van der Waals surface area contributed by atoms with Gasteiger partial charge in [0.2, 0.25) is 0 Å². The number of furan rings is 1. The van der Waals surface area contributed by atoms with Gasteiger partial charge in [-0.2, -0.15) is 0 Å². The topological polar surface area (TPSA) is 88.3 Å². The van der Waals surface area contributed by atoms with Crippen molar-refractivity contribution >= 4 is 34.9 Å². The van der Waals surface area contributed by atoms with Gasteiger partial charge in [-0.15, -0.1) is 5.10 Å². The number of aromatic nitrogens is 2. The van der Waals surface area contributed by atoms with Gasteiger partial charge in [0.25, 0.3) is 11.8 Å². The summed E-state index contributed by atoms with van der Waals surface area (Å²) in [6, 6.07) is 9.47. The van der Waals surface area contributed by atoms with Crippen LogP contribution in [0.3, 0.4) is 0 Å². The summed E-state index contributed by atoms with van der Waals surface area (Å²) < 4.78 is 9.30. The fourth-order valence-electron chi connectivity index (χ4n) is 2.78. The van der Waals surface area contributed by atoms with Gasteiger partial charge in [-0.3, -0.25) is 9.59 Å². The summed E-state index contributed by atoms with van der Waals surface area (Å²) in [4.78, 5) is 27.9. The zero-order chi connectivity index (χ0) is 21.0. The van der Waals surface area contributed by atoms with Crippen molar-refractivity contribution in [3.05, 3.63) is 70.1 Å². The van der Waals surface area contributed by atoms with Gasteiger partial charge < -0.3 is 14.6 Å². The predicted octanol–water partition coefficient (Wildman–Crippen LogP) is 4.08. The first-order valence-electron chi connectivity index (χ1n) is 8.92. The third-order valence-corrected chi connectivity index (χ3v) is 4.73. The Kier molecular flexibility index (Phi) is 6.34. The van der Waals surface area contributed by atoms with Crippen LogP contribution in [0.1, 0.15) is 48.6 Å². The predicted molar refractivity (Wildman–Crippen MR) is 111 cm³/mol. The quantitative estimate of drug-likeness (QED) is 0.633. The molecule has 9 heteroatoms. The van der Waals surface area contributed by atoms with Crippen molar-refractivity contribution in [2.24, 2.45) is 0 Å². The van der Waals surface area contributed by atoms with E-state index < -0.39 is 17.5 Å². The molecule has 2 aromatic heterocycles. The van der Waals surface area contributed by atoms with Crippen molar-refractivity contribution in [3.8, 4) is 0 Å². The van der Waals surface area contributed by atoms with Crippen molar-refractivity contribution in [2.75, 3.05) is 0 Å². The highest BCUT2D eigenvalue weighted by Gasteiger charge is 2.36. The van der Waals surface area contributed by atoms with Gasteiger partial charge in [0.1, 0.15) is 5.76 Å². The SMILES string of the molecule is CC(C)(C)NC(=O)[C@H](c1ccco1)N(Cc1ccc(Cl)cc1)C(=O)c1csnn1. The van der Waals surface area contributed by atoms with Crippen molar-refractivity contribution in [1.82, 2.24) is 19.8 Å². The Morgan fingerprint density at radius 2 is 1.97 bits per heavy atom. The molecular weight excluding hydrogens is 412 g/mol. The highest BCUT2D eigenvalue weighted by atomic mass is 35.5. The number of nitrogens with zero attached hydrogens (tertiary/aromatic N) is 3. The first-order chi connectivity index (χ1) is 13.7. The third-order valence-electron chi connectivity index (χ3n) is 3.98. The van der Waals surface area contributed by atoms with Crippen LogP contribution in [0.5, 0.6) is 0 Å². The lowest BCUT2D eigenvalue weighted by molar-refractivity contribution is -0.128. The molecule has 0 unspecified atom stereocenters. The highest BCUT2D eigenvalue weighted by Crippen LogP contribution is 2.27. The molecule has 3 aromatic rings. The summed E-state index contributed by atoms with van der Waals surface area (Å²) in [7, 11) is 0. The van der Waals surface area contributed by atoms with E-state index in [-0.39, 0.29) is 18.1 Å². The van der Waals surface area contributed by atoms with Gasteiger partial charge in [0.05, 0.1) is 6.26 Å². The Morgan fingerprint density at radius 1 is 1.24 bits per heavy atom. The summed E-state index contributed by atoms with van der Waals surface area (Å²) in [5.74, 6) is -0.408. The average molecular weight is 433 g/mol. The normalized spacial score (nSPS) is 12.4. The molecule has 3 rings (SSSR count). The van der Waals surface area contributed by atoms with Crippen LogP contribution in [0.2, 0.25) is 5.02 Å². The molecule has 2 heterocycles. The van der Waals surface area contributed by atoms with Crippen molar-refractivity contribution < 1.29 is 14.0 Å². The van der Waals surface area contributed by atoms with Crippen LogP contribution in [0.25, 0.3) is 0 Å². The number of benzene rings is 1. The molecular formula is C20H21ClN4O3S. The maximum Gasteiger partial charge on any atom is 0.276 e. The zero-order valence-corrected chi connectivity index (χ0v) is 17.8. The number of rotatable bonds is 6. The Balaban J connectivity index is 2.02. The largest absolute Gasteiger partial charge is 0.467 e. The molecule has 1 atom stereocenters. The molecule has 29 heavy (non-hydrogen) atoms. The first kappa shape index (κ1) is 21.0. The van der Waals surface area contributed by atoms with Crippen molar-refractivity contribution in [1.29, 1.82) is 0 Å². The number of hydrogen-bond donors (Lipinski definition) is 1. The Hall–Kier alpha value is -2.71. The first-order valence-corrected chi connectivity index (χ1v) is 10.1. The van der Waals surface area contributed by atoms with Gasteiger partial charge in [-0.25, -0.2) is 0 Å². The number of carbonyl (C=O) groups excluding carboxylic acids is 2. The fraction of sp³-hybridized carbons (Fsp3) is 0.300. The van der Waals surface area contributed by atoms with Crippen LogP contribution < -0.4 is 5.32 Å². The fourth-order valence-corrected chi connectivity index (χ4v) is 3.34. The smallest absolute Gasteiger partial charge is 0.276 e. The molecule has 0 bridgehead atoms. The van der Waals surface area contributed by atoms with Crippen LogP contribution in [0.4, 0.5) is 0 Å². The van der Waals surface area contributed by atoms with Crippen molar-refractivity contribution in [2.45, 2.75) is 38.9 Å². The van der Waals surface area contributed by atoms with Crippen LogP contribution in [0, 0.1) is 0 Å². The molecule has 152 valence electrons. The lowest BCUT2D eigenvalue weighted by Crippen LogP contribution is -2.49. The van der Waals surface area contributed by atoms with Gasteiger partial charge in [0.15, 0.2) is 11.7 Å². The summed E-state index contributed by atoms with van der Waals surface area (Å²) in [5, 5.41) is 8.96. The molecule has 7 nitrogen and oxygen atoms in total. The van der Waals surface area contributed by atoms with E-state index >= 15 is 0 Å². The molecule has 0 saturated carbocycles. The van der Waals surface area contributed by atoms with E-state index in [1.54, 1.807) is 29.6 Å². The number of hydrogen-bond acceptors (Lipinski definition) is 6. The van der Waals surface area contributed by atoms with E-state index in [0.29, 0.717) is 10.8 Å². The Bertz CT molecular complexity index is 951. The lowest BCUT2D eigenvalue weighted by atomic mass is 10.1. The van der Waals surface area contributed by atoms with E-state index in [9.17, 15) is 9.59 Å². The minimum atomic E-state index is -0.978. The van der Waals surface area contributed by atoms with E-state index in [1.807, 2.05) is 32.9 Å². The molecule has 0 aliphatic carbocycles. The number of nitrogens with one attached hydrogen (secondary N) is 1. The molecule has 0 aliphatic heterocycles. The lowest BCUT2D eigenvalue weighted by Gasteiger charge is -2.32. The van der Waals surface area contributed by atoms with E-state index in [0.717, 1.165) is 17.1 Å². The Morgan fingerprint density at radius 3 is 2.52 bits per heavy atom. The number of amides is 2. The van der Waals surface area contributed by atoms with Gasteiger partial charge in [-0.05, 0) is 62.1 Å². The zero-order valence-electron chi connectivity index (χ0n) is 16.3. The van der Waals surface area contributed by atoms with Crippen LogP contribution in [0.15, 0.2) is 52.5 Å². The van der Waals surface area contributed by atoms with E-state index in [1.165, 1.54) is 11.2 Å². The summed E-state index contributed by atoms with van der Waals surface area (Å²) in [6.45, 7) is 5.79. The highest BCUT2D eigenvalue weighted by molar-refractivity contribution is 7.03. The van der Waals surface area contributed by atoms with Crippen LogP contribution >= 0.6 is 23.1 Å². The minimum absolute atomic E-state index is 0.163. The molecule has 0 saturated heterocycles. The molecule has 2 amide bonds.